The van der Waals surface area contributed by atoms with Crippen molar-refractivity contribution in [2.45, 2.75) is 13.5 Å². The van der Waals surface area contributed by atoms with Crippen molar-refractivity contribution in [3.8, 4) is 28.6 Å². The third-order valence-electron chi connectivity index (χ3n) is 7.29. The molecule has 36 heavy (non-hydrogen) atoms. The minimum Gasteiger partial charge on any atom is -0.364 e. The van der Waals surface area contributed by atoms with Crippen molar-refractivity contribution in [3.63, 3.8) is 0 Å². The van der Waals surface area contributed by atoms with Crippen LogP contribution in [0.4, 0.5) is 0 Å². The van der Waals surface area contributed by atoms with E-state index < -0.39 is 5.91 Å². The number of primary amides is 1. The number of pyridine rings is 2. The summed E-state index contributed by atoms with van der Waals surface area (Å²) in [6.07, 6.45) is 2.23. The zero-order chi connectivity index (χ0) is 24.9. The first-order valence-electron chi connectivity index (χ1n) is 12.1. The zero-order valence-corrected chi connectivity index (χ0v) is 20.1. The highest BCUT2D eigenvalue weighted by Crippen LogP contribution is 2.40. The smallest absolute Gasteiger partial charge is 0.267 e. The lowest BCUT2D eigenvalue weighted by Crippen LogP contribution is -2.70. The maximum Gasteiger partial charge on any atom is 0.267 e. The third kappa shape index (κ3) is 3.86. The van der Waals surface area contributed by atoms with Gasteiger partial charge in [-0.15, -0.1) is 0 Å². The number of aryl methyl sites for hydroxylation is 1. The van der Waals surface area contributed by atoms with Gasteiger partial charge in [-0.1, -0.05) is 54.6 Å². The number of fused-ring (bicyclic) bond motifs is 1. The Kier molecular flexibility index (Phi) is 5.20. The van der Waals surface area contributed by atoms with Crippen molar-refractivity contribution in [2.75, 3.05) is 26.2 Å². The average Bonchev–Trinajstić information content (AvgIpc) is 2.85. The summed E-state index contributed by atoms with van der Waals surface area (Å²) in [6, 6.07) is 22.5. The summed E-state index contributed by atoms with van der Waals surface area (Å²) in [5.41, 5.74) is 12.7. The molecule has 2 aliphatic rings. The van der Waals surface area contributed by atoms with E-state index in [4.69, 9.17) is 16.0 Å². The molecule has 0 aliphatic carbocycles. The zero-order valence-electron chi connectivity index (χ0n) is 20.1. The van der Waals surface area contributed by atoms with Crippen molar-refractivity contribution in [1.82, 2.24) is 19.8 Å². The summed E-state index contributed by atoms with van der Waals surface area (Å²) in [4.78, 5) is 25.5. The first kappa shape index (κ1) is 22.2. The molecule has 2 N–H and O–H groups in total. The number of nitrogens with two attached hydrogens (primary N) is 1. The van der Waals surface area contributed by atoms with E-state index in [0.29, 0.717) is 10.9 Å². The monoisotopic (exact) mass is 474 g/mol. The molecule has 7 heteroatoms. The molecule has 2 aromatic heterocycles. The van der Waals surface area contributed by atoms with Crippen molar-refractivity contribution in [1.29, 1.82) is 5.26 Å². The van der Waals surface area contributed by atoms with E-state index in [-0.39, 0.29) is 5.69 Å². The number of rotatable bonds is 5. The van der Waals surface area contributed by atoms with Crippen LogP contribution in [-0.4, -0.2) is 51.9 Å². The highest BCUT2D eigenvalue weighted by molar-refractivity contribution is 5.98. The number of carbonyl (C=O) groups excluding carboxylic acids is 1. The van der Waals surface area contributed by atoms with Gasteiger partial charge in [0, 0.05) is 60.3 Å². The second-order valence-electron chi connectivity index (χ2n) is 10.1. The van der Waals surface area contributed by atoms with Gasteiger partial charge in [-0.25, -0.2) is 9.97 Å². The van der Waals surface area contributed by atoms with Gasteiger partial charge in [-0.05, 0) is 30.2 Å². The van der Waals surface area contributed by atoms with Gasteiger partial charge < -0.3 is 10.6 Å². The van der Waals surface area contributed by atoms with Gasteiger partial charge in [-0.2, -0.15) is 5.26 Å². The molecule has 0 atom stereocenters. The Hall–Kier alpha value is -4.28. The van der Waals surface area contributed by atoms with E-state index in [0.717, 1.165) is 66.2 Å². The van der Waals surface area contributed by atoms with Gasteiger partial charge in [0.05, 0.1) is 11.2 Å². The van der Waals surface area contributed by atoms with Gasteiger partial charge >= 0.3 is 0 Å². The molecule has 2 aromatic carbocycles. The third-order valence-corrected chi connectivity index (χ3v) is 7.29. The van der Waals surface area contributed by atoms with E-state index >= 15 is 0 Å². The van der Waals surface area contributed by atoms with Crippen LogP contribution in [0, 0.1) is 23.8 Å². The Morgan fingerprint density at radius 1 is 1.00 bits per heavy atom. The molecule has 0 bridgehead atoms. The molecule has 7 nitrogen and oxygen atoms in total. The molecular formula is C29H26N6O. The molecule has 4 heterocycles. The molecule has 4 aromatic rings. The standard InChI is InChI=1S/C29H26N6O/c1-19-23-11-24(21-5-3-2-4-6-21)27(33-25(23)12-26(32-19)28(31)36)22-9-7-20(8-10-22)13-34-14-29(15-34)16-35(17-29)18-30/h2-12H,13-17H2,1H3,(H2,31,36). The average molecular weight is 475 g/mol. The molecule has 178 valence electrons. The van der Waals surface area contributed by atoms with E-state index in [1.807, 2.05) is 30.0 Å². The lowest BCUT2D eigenvalue weighted by Gasteiger charge is -2.58. The number of likely N-dealkylation sites (tertiary alicyclic amines) is 2. The predicted molar refractivity (Wildman–Crippen MR) is 139 cm³/mol. The number of hydrogen-bond acceptors (Lipinski definition) is 6. The first-order valence-corrected chi connectivity index (χ1v) is 12.1. The summed E-state index contributed by atoms with van der Waals surface area (Å²) in [7, 11) is 0. The fourth-order valence-electron chi connectivity index (χ4n) is 5.59. The number of benzene rings is 2. The SMILES string of the molecule is Cc1nc(C(N)=O)cc2nc(-c3ccc(CN4CC5(CN(C#N)C5)C4)cc3)c(-c3ccccc3)cc12. The van der Waals surface area contributed by atoms with Crippen molar-refractivity contribution in [2.24, 2.45) is 11.1 Å². The highest BCUT2D eigenvalue weighted by Gasteiger charge is 2.51. The summed E-state index contributed by atoms with van der Waals surface area (Å²) in [5.74, 6) is -0.560. The number of hydrogen-bond donors (Lipinski definition) is 1. The number of nitriles is 1. The fraction of sp³-hybridized carbons (Fsp3) is 0.241. The maximum atomic E-state index is 11.8. The summed E-state index contributed by atoms with van der Waals surface area (Å²) in [6.45, 7) is 6.65. The van der Waals surface area contributed by atoms with Crippen molar-refractivity contribution in [3.05, 3.63) is 83.7 Å². The van der Waals surface area contributed by atoms with Gasteiger partial charge in [0.2, 0.25) is 0 Å². The number of amides is 1. The van der Waals surface area contributed by atoms with E-state index in [2.05, 4.69) is 58.5 Å². The molecule has 1 amide bonds. The molecule has 0 radical (unpaired) electrons. The Morgan fingerprint density at radius 2 is 1.72 bits per heavy atom. The summed E-state index contributed by atoms with van der Waals surface area (Å²) >= 11 is 0. The number of carbonyl (C=O) groups is 1. The van der Waals surface area contributed by atoms with Gasteiger partial charge in [0.1, 0.15) is 5.69 Å². The highest BCUT2D eigenvalue weighted by atomic mass is 16.1. The van der Waals surface area contributed by atoms with Crippen LogP contribution in [-0.2, 0) is 6.54 Å². The molecule has 2 fully saturated rings. The van der Waals surface area contributed by atoms with Crippen LogP contribution in [0.15, 0.2) is 66.7 Å². The summed E-state index contributed by atoms with van der Waals surface area (Å²) < 4.78 is 0. The minimum atomic E-state index is -0.560. The minimum absolute atomic E-state index is 0.220. The van der Waals surface area contributed by atoms with Crippen LogP contribution in [0.5, 0.6) is 0 Å². The number of aromatic nitrogens is 2. The van der Waals surface area contributed by atoms with Crippen molar-refractivity contribution >= 4 is 16.8 Å². The molecular weight excluding hydrogens is 448 g/mol. The molecule has 1 spiro atoms. The topological polar surface area (TPSA) is 99.1 Å². The predicted octanol–water partition coefficient (Wildman–Crippen LogP) is 3.97. The van der Waals surface area contributed by atoms with Gasteiger partial charge in [0.25, 0.3) is 5.91 Å². The normalized spacial score (nSPS) is 16.4. The van der Waals surface area contributed by atoms with Crippen LogP contribution < -0.4 is 5.73 Å². The van der Waals surface area contributed by atoms with E-state index in [1.165, 1.54) is 5.56 Å². The lowest BCUT2D eigenvalue weighted by molar-refractivity contribution is -0.0957. The quantitative estimate of drug-likeness (QED) is 0.440. The lowest BCUT2D eigenvalue weighted by atomic mass is 9.73. The second kappa shape index (κ2) is 8.43. The fourth-order valence-corrected chi connectivity index (χ4v) is 5.59. The Labute approximate surface area is 209 Å². The van der Waals surface area contributed by atoms with Gasteiger partial charge in [-0.3, -0.25) is 9.69 Å². The van der Waals surface area contributed by atoms with Crippen LogP contribution in [0.25, 0.3) is 33.3 Å². The summed E-state index contributed by atoms with van der Waals surface area (Å²) in [5, 5.41) is 9.89. The molecule has 0 saturated carbocycles. The Balaban J connectivity index is 1.32. The van der Waals surface area contributed by atoms with Gasteiger partial charge in [0.15, 0.2) is 6.19 Å². The van der Waals surface area contributed by atoms with E-state index in [1.54, 1.807) is 6.07 Å². The van der Waals surface area contributed by atoms with Crippen LogP contribution in [0.3, 0.4) is 0 Å². The van der Waals surface area contributed by atoms with Crippen LogP contribution in [0.2, 0.25) is 0 Å². The molecule has 2 aliphatic heterocycles. The van der Waals surface area contributed by atoms with Crippen molar-refractivity contribution < 1.29 is 4.79 Å². The van der Waals surface area contributed by atoms with Crippen LogP contribution in [0.1, 0.15) is 21.7 Å². The first-order chi connectivity index (χ1) is 17.4. The number of nitrogens with zero attached hydrogens (tertiary/aromatic N) is 5. The molecule has 2 saturated heterocycles. The largest absolute Gasteiger partial charge is 0.364 e. The Bertz CT molecular complexity index is 1510. The van der Waals surface area contributed by atoms with E-state index in [9.17, 15) is 4.79 Å². The maximum absolute atomic E-state index is 11.8. The Morgan fingerprint density at radius 3 is 2.39 bits per heavy atom. The molecule has 0 unspecified atom stereocenters. The molecule has 6 rings (SSSR count). The second-order valence-corrected chi connectivity index (χ2v) is 10.1. The van der Waals surface area contributed by atoms with Crippen LogP contribution >= 0.6 is 0 Å².